The SMILES string of the molecule is NC(=S)N[NH][Pb]([NH]NC(N)=S)([NH]NC(N)=S)[NH]NC(N)=S. The summed E-state index contributed by atoms with van der Waals surface area (Å²) in [7, 11) is 0. The molecule has 0 aliphatic carbocycles. The molecule has 0 aliphatic heterocycles. The van der Waals surface area contributed by atoms with E-state index in [0.29, 0.717) is 0 Å². The van der Waals surface area contributed by atoms with Crippen molar-refractivity contribution in [2.24, 2.45) is 22.9 Å². The topological polar surface area (TPSA) is 200 Å². The van der Waals surface area contributed by atoms with Crippen LogP contribution in [0.3, 0.4) is 0 Å². The predicted octanol–water partition coefficient (Wildman–Crippen LogP) is -5.23. The fourth-order valence-corrected chi connectivity index (χ4v) is 8.89. The Bertz CT molecular complexity index is 337. The van der Waals surface area contributed by atoms with Crippen molar-refractivity contribution in [3.05, 3.63) is 0 Å². The summed E-state index contributed by atoms with van der Waals surface area (Å²) in [5, 5.41) is -0.0343. The average Bonchev–Trinajstić information content (AvgIpc) is 2.36. The van der Waals surface area contributed by atoms with Gasteiger partial charge in [0, 0.05) is 0 Å². The van der Waals surface area contributed by atoms with Crippen molar-refractivity contribution in [1.82, 2.24) is 34.6 Å². The van der Waals surface area contributed by atoms with E-state index >= 15 is 0 Å². The molecule has 0 aromatic rings. The third-order valence-electron chi connectivity index (χ3n) is 1.49. The van der Waals surface area contributed by atoms with E-state index < -0.39 is 22.4 Å². The van der Waals surface area contributed by atoms with Crippen LogP contribution in [-0.2, 0) is 0 Å². The van der Waals surface area contributed by atoms with Crippen LogP contribution < -0.4 is 57.6 Å². The van der Waals surface area contributed by atoms with Crippen molar-refractivity contribution >= 4 is 91.7 Å². The summed E-state index contributed by atoms with van der Waals surface area (Å²) < 4.78 is 11.4. The molecule has 0 heterocycles. The van der Waals surface area contributed by atoms with Crippen LogP contribution in [0.2, 0.25) is 0 Å². The van der Waals surface area contributed by atoms with Crippen molar-refractivity contribution in [2.75, 3.05) is 0 Å². The van der Waals surface area contributed by atoms with E-state index in [1.54, 1.807) is 0 Å². The summed E-state index contributed by atoms with van der Waals surface area (Å²) in [6.45, 7) is 0. The monoisotopic (exact) mass is 568 g/mol. The molecule has 0 fully saturated rings. The Morgan fingerprint density at radius 2 is 0.714 bits per heavy atom. The molecule has 0 saturated carbocycles. The first-order valence-electron chi connectivity index (χ1n) is 4.97. The van der Waals surface area contributed by atoms with E-state index in [2.05, 4.69) is 34.6 Å². The van der Waals surface area contributed by atoms with Crippen LogP contribution >= 0.6 is 48.9 Å². The third kappa shape index (κ3) is 10.8. The minimum atomic E-state index is -4.17. The molecule has 0 aromatic heterocycles. The zero-order valence-corrected chi connectivity index (χ0v) is 17.6. The Morgan fingerprint density at radius 3 is 0.857 bits per heavy atom. The van der Waals surface area contributed by atoms with E-state index in [4.69, 9.17) is 71.8 Å². The molecule has 21 heavy (non-hydrogen) atoms. The molecule has 0 spiro atoms. The van der Waals surface area contributed by atoms with Crippen molar-refractivity contribution in [3.8, 4) is 0 Å². The molecule has 0 unspecified atom stereocenters. The van der Waals surface area contributed by atoms with Gasteiger partial charge < -0.3 is 0 Å². The Hall–Kier alpha value is -0.478. The van der Waals surface area contributed by atoms with Crippen LogP contribution in [0.1, 0.15) is 0 Å². The van der Waals surface area contributed by atoms with E-state index in [9.17, 15) is 0 Å². The first-order chi connectivity index (χ1) is 9.67. The molecule has 12 nitrogen and oxygen atoms in total. The summed E-state index contributed by atoms with van der Waals surface area (Å²) in [6, 6.07) is 0. The van der Waals surface area contributed by atoms with Gasteiger partial charge in [-0.15, -0.1) is 0 Å². The van der Waals surface area contributed by atoms with Gasteiger partial charge in [0.05, 0.1) is 0 Å². The van der Waals surface area contributed by atoms with Gasteiger partial charge in [-0.25, -0.2) is 0 Å². The molecule has 0 rings (SSSR count). The van der Waals surface area contributed by atoms with E-state index in [1.165, 1.54) is 0 Å². The Labute approximate surface area is 148 Å². The number of hydrogen-bond acceptors (Lipinski definition) is 8. The Morgan fingerprint density at radius 1 is 0.524 bits per heavy atom. The second-order valence-electron chi connectivity index (χ2n) is 3.21. The molecule has 0 radical (unpaired) electrons. The summed E-state index contributed by atoms with van der Waals surface area (Å²) in [6.07, 6.45) is 0. The van der Waals surface area contributed by atoms with Gasteiger partial charge >= 0.3 is 149 Å². The third-order valence-corrected chi connectivity index (χ3v) is 9.68. The van der Waals surface area contributed by atoms with E-state index in [1.807, 2.05) is 0 Å². The number of rotatable bonds is 8. The number of hydrogen-bond donors (Lipinski definition) is 12. The Kier molecular flexibility index (Phi) is 10.0. The minimum absolute atomic E-state index is 0.00856. The number of nitrogens with two attached hydrogens (primary N) is 4. The van der Waals surface area contributed by atoms with E-state index in [0.717, 1.165) is 0 Å². The van der Waals surface area contributed by atoms with Gasteiger partial charge in [-0.2, -0.15) is 0 Å². The normalized spacial score (nSPS) is 10.3. The van der Waals surface area contributed by atoms with Gasteiger partial charge in [-0.3, -0.25) is 0 Å². The van der Waals surface area contributed by atoms with Crippen LogP contribution in [0.15, 0.2) is 0 Å². The molecule has 0 atom stereocenters. The molecule has 0 aromatic carbocycles. The molecule has 0 amide bonds. The van der Waals surface area contributed by atoms with Gasteiger partial charge in [0.1, 0.15) is 0 Å². The van der Waals surface area contributed by atoms with Crippen LogP contribution in [0, 0.1) is 0 Å². The quantitative estimate of drug-likeness (QED) is 0.0753. The molecule has 120 valence electrons. The average molecular weight is 568 g/mol. The summed E-state index contributed by atoms with van der Waals surface area (Å²) in [5.74, 6) is 0. The maximum absolute atomic E-state index is 5.36. The molecule has 16 N–H and O–H groups in total. The summed E-state index contributed by atoms with van der Waals surface area (Å²) in [4.78, 5) is 0. The van der Waals surface area contributed by atoms with Gasteiger partial charge in [-0.1, -0.05) is 0 Å². The fraction of sp³-hybridized carbons (Fsp3) is 0. The van der Waals surface area contributed by atoms with Gasteiger partial charge in [0.25, 0.3) is 0 Å². The zero-order chi connectivity index (χ0) is 16.5. The predicted molar refractivity (Wildman–Crippen MR) is 98.0 cm³/mol. The molecule has 0 aliphatic rings. The van der Waals surface area contributed by atoms with Gasteiger partial charge in [0.15, 0.2) is 0 Å². The second kappa shape index (κ2) is 10.3. The summed E-state index contributed by atoms with van der Waals surface area (Å²) in [5.41, 5.74) is 31.7. The maximum atomic E-state index is 5.36. The summed E-state index contributed by atoms with van der Waals surface area (Å²) >= 11 is 14.7. The van der Waals surface area contributed by atoms with Crippen LogP contribution in [0.5, 0.6) is 0 Å². The molecular weight excluding hydrogens is 552 g/mol. The van der Waals surface area contributed by atoms with Crippen molar-refractivity contribution in [1.29, 1.82) is 0 Å². The van der Waals surface area contributed by atoms with Crippen LogP contribution in [0.25, 0.3) is 0 Å². The number of hydrazine groups is 4. The van der Waals surface area contributed by atoms with Crippen molar-refractivity contribution in [3.63, 3.8) is 0 Å². The molecular formula is C4H16N12PbS4. The standard InChI is InChI=1S/4CH4N3S.Pb/c4*2-1(5)4-3;/h4*3H,(H3,2,4,5);/q4*-1;+4. The Balaban J connectivity index is 5.02. The van der Waals surface area contributed by atoms with Crippen molar-refractivity contribution < 1.29 is 0 Å². The second-order valence-corrected chi connectivity index (χ2v) is 14.7. The number of nitrogens with one attached hydrogen (secondary N) is 8. The van der Waals surface area contributed by atoms with Gasteiger partial charge in [0.2, 0.25) is 0 Å². The first-order valence-corrected chi connectivity index (χ1v) is 14.4. The van der Waals surface area contributed by atoms with Crippen LogP contribution in [-0.4, -0.2) is 42.8 Å². The van der Waals surface area contributed by atoms with Crippen LogP contribution in [0.4, 0.5) is 0 Å². The van der Waals surface area contributed by atoms with Crippen molar-refractivity contribution in [2.45, 2.75) is 0 Å². The van der Waals surface area contributed by atoms with Gasteiger partial charge in [-0.05, 0) is 0 Å². The zero-order valence-electron chi connectivity index (χ0n) is 10.4. The fourth-order valence-electron chi connectivity index (χ4n) is 0.809. The number of thiocarbonyl (C=S) groups is 4. The molecule has 0 bridgehead atoms. The molecule has 17 heteroatoms. The van der Waals surface area contributed by atoms with E-state index in [-0.39, 0.29) is 20.4 Å². The molecule has 0 saturated heterocycles. The first kappa shape index (κ1) is 20.5.